The molecule has 0 bridgehead atoms. The van der Waals surface area contributed by atoms with Gasteiger partial charge in [-0.25, -0.2) is 0 Å². The molecule has 0 aliphatic heterocycles. The van der Waals surface area contributed by atoms with Crippen LogP contribution in [0.5, 0.6) is 0 Å². The summed E-state index contributed by atoms with van der Waals surface area (Å²) in [6.07, 6.45) is 0. The van der Waals surface area contributed by atoms with Gasteiger partial charge in [-0.1, -0.05) is 18.2 Å². The molecule has 4 nitrogen and oxygen atoms in total. The van der Waals surface area contributed by atoms with Crippen molar-refractivity contribution in [3.63, 3.8) is 0 Å². The Morgan fingerprint density at radius 1 is 0.941 bits per heavy atom. The van der Waals surface area contributed by atoms with Crippen LogP contribution in [0.2, 0.25) is 0 Å². The van der Waals surface area contributed by atoms with Gasteiger partial charge in [0, 0.05) is 30.7 Å². The number of para-hydroxylation sites is 1. The molecule has 0 aromatic heterocycles. The van der Waals surface area contributed by atoms with E-state index in [2.05, 4.69) is 0 Å². The van der Waals surface area contributed by atoms with Crippen LogP contribution in [-0.2, 0) is 13.3 Å². The van der Waals surface area contributed by atoms with E-state index in [1.54, 1.807) is 0 Å². The first-order chi connectivity index (χ1) is 8.20. The van der Waals surface area contributed by atoms with E-state index in [-0.39, 0.29) is 0 Å². The van der Waals surface area contributed by atoms with Gasteiger partial charge in [-0.3, -0.25) is 0 Å². The molecule has 5 heteroatoms. The Labute approximate surface area is 104 Å². The largest absolute Gasteiger partial charge is 0.539 e. The molecular weight excluding hydrogens is 234 g/mol. The Morgan fingerprint density at radius 2 is 1.41 bits per heavy atom. The first-order valence-corrected chi connectivity index (χ1v) is 7.69. The SMILES string of the molecule is CCO[Si](OCC)(OCC)c1ccccc1N. The number of hydrogen-bond donors (Lipinski definition) is 1. The van der Waals surface area contributed by atoms with Crippen molar-refractivity contribution in [2.75, 3.05) is 25.6 Å². The van der Waals surface area contributed by atoms with Gasteiger partial charge in [0.15, 0.2) is 0 Å². The molecule has 1 rings (SSSR count). The molecule has 2 N–H and O–H groups in total. The van der Waals surface area contributed by atoms with Crippen LogP contribution in [0.15, 0.2) is 24.3 Å². The van der Waals surface area contributed by atoms with Crippen LogP contribution in [0.3, 0.4) is 0 Å². The van der Waals surface area contributed by atoms with Gasteiger partial charge in [0.05, 0.1) is 0 Å². The number of benzene rings is 1. The van der Waals surface area contributed by atoms with Crippen molar-refractivity contribution in [1.29, 1.82) is 0 Å². The van der Waals surface area contributed by atoms with Gasteiger partial charge in [0.25, 0.3) is 0 Å². The van der Waals surface area contributed by atoms with E-state index in [0.717, 1.165) is 5.19 Å². The Morgan fingerprint density at radius 3 is 1.82 bits per heavy atom. The molecule has 17 heavy (non-hydrogen) atoms. The van der Waals surface area contributed by atoms with Gasteiger partial charge in [0.2, 0.25) is 0 Å². The summed E-state index contributed by atoms with van der Waals surface area (Å²) < 4.78 is 17.4. The molecule has 0 saturated carbocycles. The molecule has 0 aliphatic carbocycles. The summed E-state index contributed by atoms with van der Waals surface area (Å²) in [5, 5.41) is 0.852. The number of nitrogen functional groups attached to an aromatic ring is 1. The van der Waals surface area contributed by atoms with E-state index in [1.165, 1.54) is 0 Å². The third kappa shape index (κ3) is 3.29. The lowest BCUT2D eigenvalue weighted by Gasteiger charge is -2.29. The second-order valence-corrected chi connectivity index (χ2v) is 5.96. The van der Waals surface area contributed by atoms with Gasteiger partial charge in [-0.15, -0.1) is 0 Å². The average Bonchev–Trinajstić information content (AvgIpc) is 2.30. The minimum Gasteiger partial charge on any atom is -0.399 e. The number of anilines is 1. The monoisotopic (exact) mass is 255 g/mol. The summed E-state index contributed by atoms with van der Waals surface area (Å²) in [6.45, 7) is 7.42. The van der Waals surface area contributed by atoms with Crippen LogP contribution in [0.4, 0.5) is 5.69 Å². The molecule has 0 unspecified atom stereocenters. The standard InChI is InChI=1S/C12H21NO3Si/c1-4-14-17(15-5-2,16-6-3)12-10-8-7-9-11(12)13/h7-10H,4-6,13H2,1-3H3. The lowest BCUT2D eigenvalue weighted by molar-refractivity contribution is 0.0860. The molecule has 0 fully saturated rings. The van der Waals surface area contributed by atoms with Crippen LogP contribution in [0.1, 0.15) is 20.8 Å². The number of hydrogen-bond acceptors (Lipinski definition) is 4. The van der Waals surface area contributed by atoms with E-state index in [1.807, 2.05) is 45.0 Å². The predicted molar refractivity (Wildman–Crippen MR) is 71.1 cm³/mol. The molecule has 1 aromatic rings. The van der Waals surface area contributed by atoms with Crippen molar-refractivity contribution in [3.05, 3.63) is 24.3 Å². The lowest BCUT2D eigenvalue weighted by Crippen LogP contribution is -2.57. The molecule has 0 radical (unpaired) electrons. The van der Waals surface area contributed by atoms with Gasteiger partial charge in [-0.2, -0.15) is 0 Å². The zero-order valence-electron chi connectivity index (χ0n) is 10.7. The molecule has 0 spiro atoms. The minimum absolute atomic E-state index is 0.542. The van der Waals surface area contributed by atoms with Crippen molar-refractivity contribution in [2.24, 2.45) is 0 Å². The second kappa shape index (κ2) is 6.76. The number of nitrogens with two attached hydrogens (primary N) is 1. The van der Waals surface area contributed by atoms with Crippen LogP contribution in [0, 0.1) is 0 Å². The first kappa shape index (κ1) is 14.2. The number of rotatable bonds is 7. The van der Waals surface area contributed by atoms with Crippen LogP contribution in [-0.4, -0.2) is 28.6 Å². The zero-order chi connectivity index (χ0) is 12.7. The topological polar surface area (TPSA) is 53.7 Å². The molecular formula is C12H21NO3Si. The molecule has 0 atom stereocenters. The zero-order valence-corrected chi connectivity index (χ0v) is 11.7. The summed E-state index contributed by atoms with van der Waals surface area (Å²) in [4.78, 5) is 0. The maximum absolute atomic E-state index is 5.99. The highest BCUT2D eigenvalue weighted by Crippen LogP contribution is 2.14. The third-order valence-electron chi connectivity index (χ3n) is 2.29. The first-order valence-electron chi connectivity index (χ1n) is 5.97. The van der Waals surface area contributed by atoms with Crippen molar-refractivity contribution in [1.82, 2.24) is 0 Å². The summed E-state index contributed by atoms with van der Waals surface area (Å²) in [5.74, 6) is 0. The van der Waals surface area contributed by atoms with E-state index in [9.17, 15) is 0 Å². The lowest BCUT2D eigenvalue weighted by atomic mass is 10.3. The Bertz CT molecular complexity index is 329. The minimum atomic E-state index is -2.84. The molecule has 0 saturated heterocycles. The average molecular weight is 255 g/mol. The predicted octanol–water partition coefficient (Wildman–Crippen LogP) is 1.52. The summed E-state index contributed by atoms with van der Waals surface area (Å²) in [7, 11) is -2.84. The van der Waals surface area contributed by atoms with Gasteiger partial charge < -0.3 is 19.0 Å². The molecule has 1 aromatic carbocycles. The van der Waals surface area contributed by atoms with Crippen molar-refractivity contribution in [3.8, 4) is 0 Å². The highest BCUT2D eigenvalue weighted by molar-refractivity contribution is 6.76. The third-order valence-corrected chi connectivity index (χ3v) is 5.41. The normalized spacial score (nSPS) is 11.7. The Balaban J connectivity index is 3.14. The van der Waals surface area contributed by atoms with E-state index >= 15 is 0 Å². The van der Waals surface area contributed by atoms with Crippen molar-refractivity contribution >= 4 is 19.7 Å². The molecule has 0 amide bonds. The fourth-order valence-corrected chi connectivity index (χ4v) is 4.30. The van der Waals surface area contributed by atoms with Crippen molar-refractivity contribution in [2.45, 2.75) is 20.8 Å². The van der Waals surface area contributed by atoms with Gasteiger partial charge in [0.1, 0.15) is 0 Å². The van der Waals surface area contributed by atoms with E-state index < -0.39 is 8.80 Å². The molecule has 0 heterocycles. The van der Waals surface area contributed by atoms with Gasteiger partial charge >= 0.3 is 8.80 Å². The van der Waals surface area contributed by atoms with Gasteiger partial charge in [-0.05, 0) is 26.8 Å². The maximum Gasteiger partial charge on any atom is 0.539 e. The quantitative estimate of drug-likeness (QED) is 0.593. The fraction of sp³-hybridized carbons (Fsp3) is 0.500. The smallest absolute Gasteiger partial charge is 0.399 e. The van der Waals surface area contributed by atoms with Crippen LogP contribution >= 0.6 is 0 Å². The second-order valence-electron chi connectivity index (χ2n) is 3.44. The fourth-order valence-electron chi connectivity index (χ4n) is 1.70. The van der Waals surface area contributed by atoms with Crippen LogP contribution in [0.25, 0.3) is 0 Å². The summed E-state index contributed by atoms with van der Waals surface area (Å²) in [5.41, 5.74) is 6.65. The van der Waals surface area contributed by atoms with Crippen LogP contribution < -0.4 is 10.9 Å². The maximum atomic E-state index is 5.99. The van der Waals surface area contributed by atoms with E-state index in [4.69, 9.17) is 19.0 Å². The van der Waals surface area contributed by atoms with Crippen molar-refractivity contribution < 1.29 is 13.3 Å². The summed E-state index contributed by atoms with van der Waals surface area (Å²) in [6, 6.07) is 7.57. The highest BCUT2D eigenvalue weighted by atomic mass is 28.4. The Kier molecular flexibility index (Phi) is 5.63. The molecule has 0 aliphatic rings. The Hall–Kier alpha value is -0.883. The summed E-state index contributed by atoms with van der Waals surface area (Å²) >= 11 is 0. The molecule has 96 valence electrons. The van der Waals surface area contributed by atoms with E-state index in [0.29, 0.717) is 25.5 Å². The highest BCUT2D eigenvalue weighted by Gasteiger charge is 2.44.